The van der Waals surface area contributed by atoms with Gasteiger partial charge in [0.25, 0.3) is 0 Å². The first kappa shape index (κ1) is 29.4. The summed E-state index contributed by atoms with van der Waals surface area (Å²) < 4.78 is 14.7. The van der Waals surface area contributed by atoms with Crippen LogP contribution in [0.5, 0.6) is 0 Å². The van der Waals surface area contributed by atoms with E-state index in [9.17, 15) is 4.39 Å². The molecule has 1 aliphatic carbocycles. The molecule has 0 saturated heterocycles. The summed E-state index contributed by atoms with van der Waals surface area (Å²) in [5.41, 5.74) is 10.8. The van der Waals surface area contributed by atoms with E-state index in [1.165, 1.54) is 89.8 Å². The summed E-state index contributed by atoms with van der Waals surface area (Å²) in [5, 5.41) is 7.76. The molecular formula is C48H38FN. The van der Waals surface area contributed by atoms with E-state index in [-0.39, 0.29) is 16.8 Å². The molecule has 0 radical (unpaired) electrons. The van der Waals surface area contributed by atoms with Gasteiger partial charge in [-0.3, -0.25) is 0 Å². The van der Waals surface area contributed by atoms with Gasteiger partial charge in [-0.25, -0.2) is 4.39 Å². The number of hydrogen-bond acceptors (Lipinski definition) is 1. The summed E-state index contributed by atoms with van der Waals surface area (Å²) in [6.07, 6.45) is 4.57. The van der Waals surface area contributed by atoms with Crippen molar-refractivity contribution in [2.24, 2.45) is 0 Å². The Morgan fingerprint density at radius 3 is 1.90 bits per heavy atom. The minimum Gasteiger partial charge on any atom is -0.334 e. The van der Waals surface area contributed by atoms with Crippen molar-refractivity contribution >= 4 is 43.7 Å². The van der Waals surface area contributed by atoms with Crippen molar-refractivity contribution in [1.29, 1.82) is 0 Å². The van der Waals surface area contributed by atoms with Crippen LogP contribution in [0.1, 0.15) is 45.1 Å². The van der Waals surface area contributed by atoms with E-state index in [1.54, 1.807) is 12.1 Å². The quantitative estimate of drug-likeness (QED) is 0.172. The highest BCUT2D eigenvalue weighted by atomic mass is 19.1. The molecule has 1 heterocycles. The van der Waals surface area contributed by atoms with Gasteiger partial charge in [-0.15, -0.1) is 0 Å². The molecule has 0 spiro atoms. The third-order valence-electron chi connectivity index (χ3n) is 12.4. The number of halogens is 1. The molecule has 2 heteroatoms. The van der Waals surface area contributed by atoms with Gasteiger partial charge < -0.3 is 4.90 Å². The number of hydrogen-bond donors (Lipinski definition) is 0. The molecular weight excluding hydrogens is 610 g/mol. The van der Waals surface area contributed by atoms with Crippen molar-refractivity contribution in [2.75, 3.05) is 4.90 Å². The van der Waals surface area contributed by atoms with Gasteiger partial charge in [0, 0.05) is 16.8 Å². The molecule has 1 saturated carbocycles. The maximum atomic E-state index is 14.7. The summed E-state index contributed by atoms with van der Waals surface area (Å²) in [5.74, 6) is -0.189. The molecule has 1 fully saturated rings. The predicted octanol–water partition coefficient (Wildman–Crippen LogP) is 13.5. The van der Waals surface area contributed by atoms with Gasteiger partial charge >= 0.3 is 0 Å². The molecule has 0 bridgehead atoms. The fourth-order valence-corrected chi connectivity index (χ4v) is 9.78. The molecule has 2 atom stereocenters. The fraction of sp³-hybridized carbons (Fsp3) is 0.167. The van der Waals surface area contributed by atoms with Gasteiger partial charge in [0.1, 0.15) is 5.82 Å². The zero-order chi connectivity index (χ0) is 33.6. The van der Waals surface area contributed by atoms with Crippen LogP contribution < -0.4 is 4.90 Å². The summed E-state index contributed by atoms with van der Waals surface area (Å²) in [4.78, 5) is 2.46. The average Bonchev–Trinajstić information content (AvgIpc) is 3.37. The van der Waals surface area contributed by atoms with Gasteiger partial charge in [-0.05, 0) is 127 Å². The highest BCUT2D eigenvalue weighted by Crippen LogP contribution is 2.61. The van der Waals surface area contributed by atoms with Crippen molar-refractivity contribution in [1.82, 2.24) is 0 Å². The first-order chi connectivity index (χ1) is 24.4. The Morgan fingerprint density at radius 1 is 0.520 bits per heavy atom. The average molecular weight is 648 g/mol. The predicted molar refractivity (Wildman–Crippen MR) is 209 cm³/mol. The van der Waals surface area contributed by atoms with Crippen molar-refractivity contribution in [3.05, 3.63) is 157 Å². The second kappa shape index (κ2) is 10.8. The normalized spacial score (nSPS) is 20.1. The Balaban J connectivity index is 1.26. The van der Waals surface area contributed by atoms with Crippen LogP contribution in [0.3, 0.4) is 0 Å². The monoisotopic (exact) mass is 647 g/mol. The van der Waals surface area contributed by atoms with Gasteiger partial charge in [-0.1, -0.05) is 129 Å². The molecule has 1 aliphatic heterocycles. The molecule has 0 amide bonds. The van der Waals surface area contributed by atoms with Crippen LogP contribution >= 0.6 is 0 Å². The van der Waals surface area contributed by atoms with Crippen LogP contribution in [0.25, 0.3) is 65.7 Å². The minimum absolute atomic E-state index is 0.0699. The smallest absolute Gasteiger partial charge is 0.125 e. The van der Waals surface area contributed by atoms with E-state index in [4.69, 9.17) is 0 Å². The van der Waals surface area contributed by atoms with E-state index in [2.05, 4.69) is 146 Å². The molecule has 10 rings (SSSR count). The Bertz CT molecular complexity index is 2590. The highest BCUT2D eigenvalue weighted by molar-refractivity contribution is 6.30. The van der Waals surface area contributed by atoms with Gasteiger partial charge in [0.2, 0.25) is 0 Å². The molecule has 8 aromatic rings. The first-order valence-electron chi connectivity index (χ1n) is 18.0. The Kier molecular flexibility index (Phi) is 6.34. The molecule has 50 heavy (non-hydrogen) atoms. The first-order valence-corrected chi connectivity index (χ1v) is 18.0. The highest BCUT2D eigenvalue weighted by Gasteiger charge is 2.57. The van der Waals surface area contributed by atoms with Gasteiger partial charge in [0.15, 0.2) is 0 Å². The molecule has 242 valence electrons. The molecule has 0 N–H and O–H groups in total. The van der Waals surface area contributed by atoms with Gasteiger partial charge in [0.05, 0.1) is 5.54 Å². The summed E-state index contributed by atoms with van der Waals surface area (Å²) in [6.45, 7) is 4.86. The maximum Gasteiger partial charge on any atom is 0.125 e. The standard InChI is InChI=1S/C48H38FN/c1-47-26-9-10-27-48(47,2)50(36-17-11-16-35(49)29-36)44-25-20-34(28-43(44)47)42-30-41(32-14-7-4-8-15-32)39-22-19-33-18-21-37(31-12-5-3-6-13-31)38-23-24-40(42)46(39)45(33)38/h3-8,11-25,28-30H,9-10,26-27H2,1-2H3. The zero-order valence-electron chi connectivity index (χ0n) is 28.5. The van der Waals surface area contributed by atoms with Crippen molar-refractivity contribution in [2.45, 2.75) is 50.5 Å². The topological polar surface area (TPSA) is 3.24 Å². The lowest BCUT2D eigenvalue weighted by Crippen LogP contribution is -2.54. The largest absolute Gasteiger partial charge is 0.334 e. The fourth-order valence-electron chi connectivity index (χ4n) is 9.78. The van der Waals surface area contributed by atoms with Crippen LogP contribution in [0.2, 0.25) is 0 Å². The Labute approximate surface area is 293 Å². The Hall–Kier alpha value is -5.47. The SMILES string of the molecule is CC12CCCCC1(C)N(c1cccc(F)c1)c1ccc(-c3cc(-c4ccccc4)c4ccc5ccc(-c6ccccc6)c6ccc3c4c56)cc12. The molecule has 0 aromatic heterocycles. The summed E-state index contributed by atoms with van der Waals surface area (Å²) in [7, 11) is 0. The van der Waals surface area contributed by atoms with E-state index >= 15 is 0 Å². The lowest BCUT2D eigenvalue weighted by atomic mass is 9.61. The van der Waals surface area contributed by atoms with Crippen molar-refractivity contribution in [3.63, 3.8) is 0 Å². The number of benzene rings is 8. The van der Waals surface area contributed by atoms with Crippen LogP contribution in [0, 0.1) is 5.82 Å². The van der Waals surface area contributed by atoms with Crippen LogP contribution in [0.15, 0.2) is 146 Å². The van der Waals surface area contributed by atoms with Crippen LogP contribution in [-0.2, 0) is 5.41 Å². The number of fused-ring (bicyclic) bond motifs is 3. The van der Waals surface area contributed by atoms with E-state index in [0.717, 1.165) is 18.5 Å². The number of anilines is 2. The Morgan fingerprint density at radius 2 is 1.16 bits per heavy atom. The van der Waals surface area contributed by atoms with Crippen LogP contribution in [0.4, 0.5) is 15.8 Å². The van der Waals surface area contributed by atoms with E-state index in [1.807, 2.05) is 6.07 Å². The molecule has 2 aliphatic rings. The third-order valence-corrected chi connectivity index (χ3v) is 12.4. The van der Waals surface area contributed by atoms with Gasteiger partial charge in [-0.2, -0.15) is 0 Å². The zero-order valence-corrected chi connectivity index (χ0v) is 28.5. The second-order valence-corrected chi connectivity index (χ2v) is 14.9. The minimum atomic E-state index is -0.189. The van der Waals surface area contributed by atoms with E-state index < -0.39 is 0 Å². The second-order valence-electron chi connectivity index (χ2n) is 14.9. The number of rotatable bonds is 4. The van der Waals surface area contributed by atoms with Crippen molar-refractivity contribution in [3.8, 4) is 33.4 Å². The summed E-state index contributed by atoms with van der Waals surface area (Å²) in [6, 6.07) is 52.2. The molecule has 8 aromatic carbocycles. The lowest BCUT2D eigenvalue weighted by molar-refractivity contribution is 0.195. The lowest BCUT2D eigenvalue weighted by Gasteiger charge is -2.50. The molecule has 1 nitrogen and oxygen atoms in total. The maximum absolute atomic E-state index is 14.7. The van der Waals surface area contributed by atoms with E-state index in [0.29, 0.717) is 0 Å². The summed E-state index contributed by atoms with van der Waals surface area (Å²) >= 11 is 0. The van der Waals surface area contributed by atoms with Crippen LogP contribution in [-0.4, -0.2) is 5.54 Å². The number of nitrogens with zero attached hydrogens (tertiary/aromatic N) is 1. The van der Waals surface area contributed by atoms with Crippen molar-refractivity contribution < 1.29 is 4.39 Å². The molecule has 2 unspecified atom stereocenters. The third kappa shape index (κ3) is 4.05.